The second kappa shape index (κ2) is 6.91. The maximum atomic E-state index is 13.7. The summed E-state index contributed by atoms with van der Waals surface area (Å²) in [6, 6.07) is 11.7. The molecule has 2 aromatic rings. The summed E-state index contributed by atoms with van der Waals surface area (Å²) in [5.74, 6) is 1.43. The van der Waals surface area contributed by atoms with Gasteiger partial charge in [-0.1, -0.05) is 41.5 Å². The molecule has 0 heterocycles. The van der Waals surface area contributed by atoms with Crippen LogP contribution in [0.15, 0.2) is 36.4 Å². The van der Waals surface area contributed by atoms with Crippen LogP contribution in [-0.2, 0) is 18.1 Å². The molecular formula is C17H20FNS. The first-order valence-corrected chi connectivity index (χ1v) is 7.86. The molecule has 0 fully saturated rings. The third kappa shape index (κ3) is 4.09. The third-order valence-corrected chi connectivity index (χ3v) is 4.21. The number of halogens is 1. The molecule has 0 saturated carbocycles. The summed E-state index contributed by atoms with van der Waals surface area (Å²) < 4.78 is 13.7. The van der Waals surface area contributed by atoms with Gasteiger partial charge in [0.1, 0.15) is 5.82 Å². The molecule has 0 aromatic heterocycles. The maximum absolute atomic E-state index is 13.7. The minimum Gasteiger partial charge on any atom is -0.326 e. The Balaban J connectivity index is 1.99. The van der Waals surface area contributed by atoms with Crippen LogP contribution in [0.4, 0.5) is 4.39 Å². The monoisotopic (exact) mass is 289 g/mol. The van der Waals surface area contributed by atoms with Crippen molar-refractivity contribution in [3.8, 4) is 0 Å². The van der Waals surface area contributed by atoms with Crippen molar-refractivity contribution in [2.45, 2.75) is 31.9 Å². The van der Waals surface area contributed by atoms with E-state index in [0.717, 1.165) is 16.9 Å². The Morgan fingerprint density at radius 2 is 1.65 bits per heavy atom. The van der Waals surface area contributed by atoms with Crippen molar-refractivity contribution >= 4 is 11.8 Å². The highest BCUT2D eigenvalue weighted by Gasteiger charge is 2.04. The highest BCUT2D eigenvalue weighted by molar-refractivity contribution is 7.97. The molecule has 0 aliphatic heterocycles. The van der Waals surface area contributed by atoms with Gasteiger partial charge in [-0.15, -0.1) is 0 Å². The molecule has 2 aromatic carbocycles. The van der Waals surface area contributed by atoms with E-state index in [1.165, 1.54) is 22.8 Å². The van der Waals surface area contributed by atoms with Crippen LogP contribution in [0.2, 0.25) is 0 Å². The van der Waals surface area contributed by atoms with Gasteiger partial charge in [-0.3, -0.25) is 0 Å². The van der Waals surface area contributed by atoms with Crippen molar-refractivity contribution in [3.63, 3.8) is 0 Å². The normalized spacial score (nSPS) is 10.8. The Hall–Kier alpha value is -1.32. The molecule has 0 spiro atoms. The molecule has 0 unspecified atom stereocenters. The zero-order valence-electron chi connectivity index (χ0n) is 11.9. The van der Waals surface area contributed by atoms with Gasteiger partial charge in [0.25, 0.3) is 0 Å². The summed E-state index contributed by atoms with van der Waals surface area (Å²) in [6.45, 7) is 4.66. The third-order valence-electron chi connectivity index (χ3n) is 3.15. The number of thioether (sulfide) groups is 1. The lowest BCUT2D eigenvalue weighted by atomic mass is 10.1. The van der Waals surface area contributed by atoms with E-state index < -0.39 is 0 Å². The predicted molar refractivity (Wildman–Crippen MR) is 85.2 cm³/mol. The molecule has 0 aliphatic carbocycles. The van der Waals surface area contributed by atoms with Gasteiger partial charge in [0.15, 0.2) is 0 Å². The van der Waals surface area contributed by atoms with Gasteiger partial charge in [-0.05, 0) is 36.6 Å². The Kier molecular flexibility index (Phi) is 5.21. The number of nitrogens with two attached hydrogens (primary N) is 1. The Labute approximate surface area is 124 Å². The van der Waals surface area contributed by atoms with E-state index in [0.29, 0.717) is 12.3 Å². The van der Waals surface area contributed by atoms with E-state index in [4.69, 9.17) is 5.73 Å². The highest BCUT2D eigenvalue weighted by Crippen LogP contribution is 2.22. The summed E-state index contributed by atoms with van der Waals surface area (Å²) >= 11 is 1.73. The van der Waals surface area contributed by atoms with Gasteiger partial charge in [0.2, 0.25) is 0 Å². The Morgan fingerprint density at radius 3 is 2.30 bits per heavy atom. The van der Waals surface area contributed by atoms with Crippen molar-refractivity contribution in [2.75, 3.05) is 0 Å². The van der Waals surface area contributed by atoms with Crippen LogP contribution < -0.4 is 5.73 Å². The van der Waals surface area contributed by atoms with Crippen molar-refractivity contribution in [3.05, 3.63) is 70.0 Å². The van der Waals surface area contributed by atoms with Crippen LogP contribution in [0.5, 0.6) is 0 Å². The molecule has 2 N–H and O–H groups in total. The zero-order valence-corrected chi connectivity index (χ0v) is 12.8. The van der Waals surface area contributed by atoms with E-state index in [9.17, 15) is 4.39 Å². The van der Waals surface area contributed by atoms with E-state index >= 15 is 0 Å². The molecule has 0 saturated heterocycles. The van der Waals surface area contributed by atoms with Crippen LogP contribution in [0.1, 0.15) is 27.8 Å². The SMILES string of the molecule is Cc1cc(C)cc(CSCc2cc(CN)ccc2F)c1. The van der Waals surface area contributed by atoms with Crippen LogP contribution in [0, 0.1) is 19.7 Å². The minimum atomic E-state index is -0.143. The van der Waals surface area contributed by atoms with Crippen molar-refractivity contribution in [1.29, 1.82) is 0 Å². The molecular weight excluding hydrogens is 269 g/mol. The topological polar surface area (TPSA) is 26.0 Å². The van der Waals surface area contributed by atoms with Crippen LogP contribution in [-0.4, -0.2) is 0 Å². The fourth-order valence-electron chi connectivity index (χ4n) is 2.30. The minimum absolute atomic E-state index is 0.143. The number of hydrogen-bond acceptors (Lipinski definition) is 2. The molecule has 20 heavy (non-hydrogen) atoms. The largest absolute Gasteiger partial charge is 0.326 e. The second-order valence-corrected chi connectivity index (χ2v) is 6.10. The average molecular weight is 289 g/mol. The molecule has 0 atom stereocenters. The lowest BCUT2D eigenvalue weighted by Gasteiger charge is -2.07. The first-order valence-electron chi connectivity index (χ1n) is 6.71. The summed E-state index contributed by atoms with van der Waals surface area (Å²) in [7, 11) is 0. The van der Waals surface area contributed by atoms with Crippen LogP contribution in [0.3, 0.4) is 0 Å². The number of hydrogen-bond donors (Lipinski definition) is 1. The lowest BCUT2D eigenvalue weighted by Crippen LogP contribution is -1.98. The number of benzene rings is 2. The summed E-state index contributed by atoms with van der Waals surface area (Å²) in [4.78, 5) is 0. The zero-order chi connectivity index (χ0) is 14.5. The second-order valence-electron chi connectivity index (χ2n) is 5.12. The summed E-state index contributed by atoms with van der Waals surface area (Å²) in [5.41, 5.74) is 11.2. The van der Waals surface area contributed by atoms with Crippen molar-refractivity contribution in [1.82, 2.24) is 0 Å². The molecule has 0 aliphatic rings. The standard InChI is InChI=1S/C17H20FNS/c1-12-5-13(2)7-15(6-12)10-20-11-16-8-14(9-19)3-4-17(16)18/h3-8H,9-11,19H2,1-2H3. The van der Waals surface area contributed by atoms with Crippen molar-refractivity contribution in [2.24, 2.45) is 5.73 Å². The van der Waals surface area contributed by atoms with E-state index in [1.54, 1.807) is 17.8 Å². The molecule has 106 valence electrons. The van der Waals surface area contributed by atoms with Gasteiger partial charge >= 0.3 is 0 Å². The number of rotatable bonds is 5. The molecule has 0 amide bonds. The molecule has 0 radical (unpaired) electrons. The average Bonchev–Trinajstić information content (AvgIpc) is 2.40. The Morgan fingerprint density at radius 1 is 0.950 bits per heavy atom. The van der Waals surface area contributed by atoms with Crippen molar-refractivity contribution < 1.29 is 4.39 Å². The number of aryl methyl sites for hydroxylation is 2. The van der Waals surface area contributed by atoms with E-state index in [1.807, 2.05) is 6.07 Å². The van der Waals surface area contributed by atoms with E-state index in [-0.39, 0.29) is 5.82 Å². The fourth-order valence-corrected chi connectivity index (χ4v) is 3.24. The predicted octanol–water partition coefficient (Wildman–Crippen LogP) is 4.33. The van der Waals surface area contributed by atoms with Crippen LogP contribution >= 0.6 is 11.8 Å². The molecule has 2 rings (SSSR count). The smallest absolute Gasteiger partial charge is 0.127 e. The highest BCUT2D eigenvalue weighted by atomic mass is 32.2. The first kappa shape index (κ1) is 15.1. The van der Waals surface area contributed by atoms with Gasteiger partial charge < -0.3 is 5.73 Å². The Bertz CT molecular complexity index is 575. The first-order chi connectivity index (χ1) is 9.58. The molecule has 0 bridgehead atoms. The lowest BCUT2D eigenvalue weighted by molar-refractivity contribution is 0.616. The quantitative estimate of drug-likeness (QED) is 0.886. The summed E-state index contributed by atoms with van der Waals surface area (Å²) in [6.07, 6.45) is 0. The molecule has 3 heteroatoms. The maximum Gasteiger partial charge on any atom is 0.127 e. The van der Waals surface area contributed by atoms with Crippen LogP contribution in [0.25, 0.3) is 0 Å². The van der Waals surface area contributed by atoms with Gasteiger partial charge in [-0.25, -0.2) is 4.39 Å². The molecule has 1 nitrogen and oxygen atoms in total. The van der Waals surface area contributed by atoms with Gasteiger partial charge in [-0.2, -0.15) is 11.8 Å². The van der Waals surface area contributed by atoms with Gasteiger partial charge in [0, 0.05) is 18.1 Å². The van der Waals surface area contributed by atoms with E-state index in [2.05, 4.69) is 32.0 Å². The van der Waals surface area contributed by atoms with Gasteiger partial charge in [0.05, 0.1) is 0 Å². The fraction of sp³-hybridized carbons (Fsp3) is 0.294. The summed E-state index contributed by atoms with van der Waals surface area (Å²) in [5, 5.41) is 0.